The Morgan fingerprint density at radius 3 is 2.87 bits per heavy atom. The van der Waals surface area contributed by atoms with Crippen molar-refractivity contribution in [1.82, 2.24) is 0 Å². The Kier molecular flexibility index (Phi) is 7.78. The zero-order valence-corrected chi connectivity index (χ0v) is 17.0. The highest BCUT2D eigenvalue weighted by Crippen LogP contribution is 2.39. The van der Waals surface area contributed by atoms with Gasteiger partial charge in [0.05, 0.1) is 11.7 Å². The van der Waals surface area contributed by atoms with Crippen molar-refractivity contribution in [2.24, 2.45) is 11.8 Å². The molecule has 2 N–H and O–H groups in total. The van der Waals surface area contributed by atoms with Crippen LogP contribution in [-0.4, -0.2) is 41.1 Å². The number of aliphatic hydroxyl groups excluding tert-OH is 2. The molecule has 0 saturated heterocycles. The highest BCUT2D eigenvalue weighted by molar-refractivity contribution is 5.69. The van der Waals surface area contributed by atoms with Gasteiger partial charge in [-0.15, -0.1) is 0 Å². The third-order valence-electron chi connectivity index (χ3n) is 5.64. The summed E-state index contributed by atoms with van der Waals surface area (Å²) in [7, 11) is 0. The van der Waals surface area contributed by atoms with Crippen LogP contribution in [-0.2, 0) is 15.7 Å². The number of allylic oxidation sites excluding steroid dienone is 2. The summed E-state index contributed by atoms with van der Waals surface area (Å²) in [6.45, 7) is -0.233. The smallest absolute Gasteiger partial charge is 0.416 e. The number of carbonyl (C=O) groups excluding carboxylic acids is 1. The molecule has 31 heavy (non-hydrogen) atoms. The Morgan fingerprint density at radius 2 is 2.10 bits per heavy atom. The van der Waals surface area contributed by atoms with Crippen LogP contribution in [0.4, 0.5) is 13.2 Å². The minimum atomic E-state index is -4.47. The first-order valence-corrected chi connectivity index (χ1v) is 10.4. The minimum absolute atomic E-state index is 0.00706. The van der Waals surface area contributed by atoms with E-state index in [9.17, 15) is 28.2 Å². The normalized spacial score (nSPS) is 28.2. The highest BCUT2D eigenvalue weighted by atomic mass is 19.4. The fourth-order valence-electron chi connectivity index (χ4n) is 4.04. The maximum Gasteiger partial charge on any atom is 0.416 e. The van der Waals surface area contributed by atoms with E-state index in [1.807, 2.05) is 12.2 Å². The van der Waals surface area contributed by atoms with Gasteiger partial charge in [-0.1, -0.05) is 30.4 Å². The van der Waals surface area contributed by atoms with E-state index in [1.165, 1.54) is 18.2 Å². The van der Waals surface area contributed by atoms with E-state index in [-0.39, 0.29) is 30.2 Å². The van der Waals surface area contributed by atoms with Crippen LogP contribution < -0.4 is 4.74 Å². The summed E-state index contributed by atoms with van der Waals surface area (Å²) in [4.78, 5) is 12.0. The van der Waals surface area contributed by atoms with Gasteiger partial charge in [-0.3, -0.25) is 4.79 Å². The minimum Gasteiger partial charge on any atom is -0.491 e. The molecule has 1 aromatic carbocycles. The second-order valence-electron chi connectivity index (χ2n) is 7.96. The van der Waals surface area contributed by atoms with Gasteiger partial charge in [-0.25, -0.2) is 0 Å². The number of ether oxygens (including phenoxy) is 2. The topological polar surface area (TPSA) is 76.0 Å². The second kappa shape index (κ2) is 10.3. The maximum atomic E-state index is 12.8. The van der Waals surface area contributed by atoms with Crippen LogP contribution >= 0.6 is 0 Å². The van der Waals surface area contributed by atoms with Crippen LogP contribution in [0.1, 0.15) is 37.7 Å². The van der Waals surface area contributed by atoms with Crippen molar-refractivity contribution < 1.29 is 37.7 Å². The second-order valence-corrected chi connectivity index (χ2v) is 7.96. The van der Waals surface area contributed by atoms with Gasteiger partial charge < -0.3 is 19.7 Å². The number of rotatable bonds is 5. The first kappa shape index (κ1) is 23.3. The quantitative estimate of drug-likeness (QED) is 0.534. The summed E-state index contributed by atoms with van der Waals surface area (Å²) >= 11 is 0. The first-order valence-electron chi connectivity index (χ1n) is 10.4. The van der Waals surface area contributed by atoms with Crippen molar-refractivity contribution in [2.75, 3.05) is 6.61 Å². The number of hydrogen-bond acceptors (Lipinski definition) is 5. The molecule has 5 atom stereocenters. The fourth-order valence-corrected chi connectivity index (χ4v) is 4.04. The van der Waals surface area contributed by atoms with E-state index in [4.69, 9.17) is 9.47 Å². The number of aliphatic hydroxyl groups is 2. The molecule has 1 aliphatic carbocycles. The van der Waals surface area contributed by atoms with E-state index >= 15 is 0 Å². The monoisotopic (exact) mass is 440 g/mol. The summed E-state index contributed by atoms with van der Waals surface area (Å²) in [5.74, 6) is -0.685. The van der Waals surface area contributed by atoms with E-state index in [0.717, 1.165) is 25.0 Å². The molecule has 1 aliphatic heterocycles. The molecule has 0 bridgehead atoms. The number of esters is 1. The van der Waals surface area contributed by atoms with Crippen LogP contribution in [0, 0.1) is 11.8 Å². The number of benzene rings is 1. The Morgan fingerprint density at radius 1 is 1.29 bits per heavy atom. The molecule has 1 unspecified atom stereocenters. The molecule has 1 aromatic rings. The van der Waals surface area contributed by atoms with Crippen LogP contribution in [0.15, 0.2) is 48.6 Å². The standard InChI is InChI=1S/C23H27F3O5/c24-23(25,26)15-6-5-7-17(12-15)30-14-16(27)10-11-18-19-8-3-1-2-4-9-22(29)31-21(19)13-20(18)28/h1,3,5-7,10-12,16,18-21,27-28H,2,4,8-9,13-14H2/t16?,18-,19-,20-,21+/m1/s1. The fraction of sp³-hybridized carbons (Fsp3) is 0.522. The van der Waals surface area contributed by atoms with Gasteiger partial charge in [0.15, 0.2) is 0 Å². The Labute approximate surface area is 179 Å². The lowest BCUT2D eigenvalue weighted by Crippen LogP contribution is -2.25. The van der Waals surface area contributed by atoms with Crippen molar-refractivity contribution >= 4 is 5.97 Å². The molecule has 0 spiro atoms. The summed E-state index contributed by atoms with van der Waals surface area (Å²) in [5, 5.41) is 20.7. The van der Waals surface area contributed by atoms with Gasteiger partial charge in [0.25, 0.3) is 0 Å². The van der Waals surface area contributed by atoms with Crippen LogP contribution in [0.25, 0.3) is 0 Å². The number of carbonyl (C=O) groups is 1. The van der Waals surface area contributed by atoms with Crippen molar-refractivity contribution in [3.05, 3.63) is 54.1 Å². The van der Waals surface area contributed by atoms with Gasteiger partial charge >= 0.3 is 12.1 Å². The predicted octanol–water partition coefficient (Wildman–Crippen LogP) is 4.04. The third-order valence-corrected chi connectivity index (χ3v) is 5.64. The SMILES string of the molecule is O=C1CCCC=CC[C@@H]2[C@@H](C=CC(O)COc3cccc(C(F)(F)F)c3)[C@H](O)C[C@@H]2O1. The highest BCUT2D eigenvalue weighted by Gasteiger charge is 2.42. The zero-order valence-electron chi connectivity index (χ0n) is 17.0. The molecule has 1 fully saturated rings. The van der Waals surface area contributed by atoms with Gasteiger partial charge in [-0.05, 0) is 37.5 Å². The average molecular weight is 440 g/mol. The predicted molar refractivity (Wildman–Crippen MR) is 107 cm³/mol. The van der Waals surface area contributed by atoms with E-state index in [1.54, 1.807) is 6.08 Å². The Hall–Kier alpha value is -2.32. The summed E-state index contributed by atoms with van der Waals surface area (Å²) < 4.78 is 49.2. The molecular formula is C23H27F3O5. The van der Waals surface area contributed by atoms with Crippen LogP contribution in [0.5, 0.6) is 5.75 Å². The molecular weight excluding hydrogens is 413 g/mol. The zero-order chi connectivity index (χ0) is 22.4. The van der Waals surface area contributed by atoms with E-state index in [0.29, 0.717) is 19.3 Å². The largest absolute Gasteiger partial charge is 0.491 e. The van der Waals surface area contributed by atoms with Gasteiger partial charge in [0, 0.05) is 24.7 Å². The summed E-state index contributed by atoms with van der Waals surface area (Å²) in [6.07, 6.45) is 3.39. The third kappa shape index (κ3) is 6.58. The maximum absolute atomic E-state index is 12.8. The lowest BCUT2D eigenvalue weighted by Gasteiger charge is -2.23. The average Bonchev–Trinajstić information content (AvgIpc) is 3.01. The molecule has 1 saturated carbocycles. The number of alkyl halides is 3. The molecule has 8 heteroatoms. The van der Waals surface area contributed by atoms with Gasteiger partial charge in [-0.2, -0.15) is 13.2 Å². The number of halogens is 3. The van der Waals surface area contributed by atoms with Crippen LogP contribution in [0.2, 0.25) is 0 Å². The molecule has 2 aliphatic rings. The van der Waals surface area contributed by atoms with Gasteiger partial charge in [0.1, 0.15) is 24.6 Å². The lowest BCUT2D eigenvalue weighted by atomic mass is 9.89. The Bertz CT molecular complexity index is 805. The Balaban J connectivity index is 1.60. The van der Waals surface area contributed by atoms with Crippen molar-refractivity contribution in [1.29, 1.82) is 0 Å². The lowest BCUT2D eigenvalue weighted by molar-refractivity contribution is -0.151. The van der Waals surface area contributed by atoms with Crippen LogP contribution in [0.3, 0.4) is 0 Å². The molecule has 1 heterocycles. The molecule has 0 aromatic heterocycles. The van der Waals surface area contributed by atoms with Crippen molar-refractivity contribution in [2.45, 2.75) is 56.6 Å². The van der Waals surface area contributed by atoms with Crippen molar-refractivity contribution in [3.8, 4) is 5.75 Å². The van der Waals surface area contributed by atoms with Gasteiger partial charge in [0.2, 0.25) is 0 Å². The van der Waals surface area contributed by atoms with E-state index < -0.39 is 30.1 Å². The molecule has 3 rings (SSSR count). The molecule has 5 nitrogen and oxygen atoms in total. The number of hydrogen-bond donors (Lipinski definition) is 2. The molecule has 0 radical (unpaired) electrons. The molecule has 0 amide bonds. The first-order chi connectivity index (χ1) is 14.7. The van der Waals surface area contributed by atoms with E-state index in [2.05, 4.69) is 0 Å². The molecule has 170 valence electrons. The summed E-state index contributed by atoms with van der Waals surface area (Å²) in [6, 6.07) is 4.45. The van der Waals surface area contributed by atoms with Crippen molar-refractivity contribution in [3.63, 3.8) is 0 Å². The number of fused-ring (bicyclic) bond motifs is 1. The summed E-state index contributed by atoms with van der Waals surface area (Å²) in [5.41, 5.74) is -0.825.